The molecule has 0 heterocycles. The normalized spacial score (nSPS) is 12.8. The predicted octanol–water partition coefficient (Wildman–Crippen LogP) is 2.49. The Morgan fingerprint density at radius 1 is 1.31 bits per heavy atom. The van der Waals surface area contributed by atoms with Gasteiger partial charge in [-0.3, -0.25) is 0 Å². The van der Waals surface area contributed by atoms with Crippen LogP contribution in [0.1, 0.15) is 25.3 Å². The Labute approximate surface area is 81.9 Å². The van der Waals surface area contributed by atoms with E-state index < -0.39 is 0 Å². The smallest absolute Gasteiger partial charge is 0.0987 e. The van der Waals surface area contributed by atoms with E-state index in [1.807, 2.05) is 37.3 Å². The van der Waals surface area contributed by atoms with E-state index in [2.05, 4.69) is 0 Å². The molecule has 2 heteroatoms. The quantitative estimate of drug-likeness (QED) is 0.649. The van der Waals surface area contributed by atoms with Crippen molar-refractivity contribution < 1.29 is 4.39 Å². The highest BCUT2D eigenvalue weighted by atomic mass is 28.1. The first-order chi connectivity index (χ1) is 6.25. The molecule has 0 radical (unpaired) electrons. The van der Waals surface area contributed by atoms with E-state index in [-0.39, 0.29) is 5.83 Å². The third kappa shape index (κ3) is 2.81. The van der Waals surface area contributed by atoms with Crippen LogP contribution >= 0.6 is 0 Å². The van der Waals surface area contributed by atoms with Crippen LogP contribution in [0.25, 0.3) is 5.20 Å². The minimum absolute atomic E-state index is 0.0698. The molecule has 0 saturated carbocycles. The van der Waals surface area contributed by atoms with Crippen LogP contribution in [0.15, 0.2) is 36.2 Å². The van der Waals surface area contributed by atoms with Gasteiger partial charge in [0.2, 0.25) is 0 Å². The van der Waals surface area contributed by atoms with E-state index in [0.717, 1.165) is 27.4 Å². The lowest BCUT2D eigenvalue weighted by Crippen LogP contribution is -1.87. The van der Waals surface area contributed by atoms with Crippen molar-refractivity contribution in [1.82, 2.24) is 0 Å². The van der Waals surface area contributed by atoms with Crippen molar-refractivity contribution in [3.8, 4) is 0 Å². The van der Waals surface area contributed by atoms with Crippen LogP contribution in [0.5, 0.6) is 0 Å². The molecule has 0 fully saturated rings. The van der Waals surface area contributed by atoms with Gasteiger partial charge in [-0.2, -0.15) is 0 Å². The van der Waals surface area contributed by atoms with Gasteiger partial charge in [0, 0.05) is 10.2 Å². The van der Waals surface area contributed by atoms with Crippen LogP contribution in [-0.4, -0.2) is 10.2 Å². The molecule has 1 rings (SSSR count). The molecule has 0 amide bonds. The maximum atomic E-state index is 13.4. The third-order valence-electron chi connectivity index (χ3n) is 2.08. The first-order valence-electron chi connectivity index (χ1n) is 4.66. The van der Waals surface area contributed by atoms with Crippen LogP contribution in [0.4, 0.5) is 4.39 Å². The molecule has 1 aromatic rings. The SMILES string of the molecule is CCCC(F)=C([SiH3])c1ccccc1. The van der Waals surface area contributed by atoms with Gasteiger partial charge in [0.15, 0.2) is 0 Å². The summed E-state index contributed by atoms with van der Waals surface area (Å²) in [4.78, 5) is 0. The maximum Gasteiger partial charge on any atom is 0.0987 e. The highest BCUT2D eigenvalue weighted by Gasteiger charge is 2.01. The fourth-order valence-corrected chi connectivity index (χ4v) is 1.84. The summed E-state index contributed by atoms with van der Waals surface area (Å²) in [6.45, 7) is 2.00. The van der Waals surface area contributed by atoms with E-state index in [4.69, 9.17) is 0 Å². The van der Waals surface area contributed by atoms with Crippen molar-refractivity contribution in [2.24, 2.45) is 0 Å². The molecule has 1 aromatic carbocycles. The molecule has 70 valence electrons. The Hall–Kier alpha value is -0.893. The Balaban J connectivity index is 2.89. The first-order valence-corrected chi connectivity index (χ1v) is 5.66. The molecule has 0 N–H and O–H groups in total. The number of halogens is 1. The van der Waals surface area contributed by atoms with Crippen LogP contribution in [0.3, 0.4) is 0 Å². The van der Waals surface area contributed by atoms with Crippen molar-refractivity contribution in [1.29, 1.82) is 0 Å². The van der Waals surface area contributed by atoms with Gasteiger partial charge < -0.3 is 0 Å². The molecule has 0 aliphatic rings. The van der Waals surface area contributed by atoms with E-state index in [1.54, 1.807) is 0 Å². The molecule has 0 bridgehead atoms. The lowest BCUT2D eigenvalue weighted by molar-refractivity contribution is 0.590. The second-order valence-corrected chi connectivity index (χ2v) is 4.15. The van der Waals surface area contributed by atoms with Crippen LogP contribution in [0, 0.1) is 0 Å². The van der Waals surface area contributed by atoms with E-state index >= 15 is 0 Å². The molecular formula is C11H15FSi. The molecular weight excluding hydrogens is 179 g/mol. The molecule has 0 saturated heterocycles. The molecule has 13 heavy (non-hydrogen) atoms. The van der Waals surface area contributed by atoms with E-state index in [0.29, 0.717) is 6.42 Å². The first kappa shape index (κ1) is 10.2. The lowest BCUT2D eigenvalue weighted by atomic mass is 10.1. The van der Waals surface area contributed by atoms with Gasteiger partial charge >= 0.3 is 0 Å². The lowest BCUT2D eigenvalue weighted by Gasteiger charge is -2.03. The molecule has 0 aliphatic carbocycles. The summed E-state index contributed by atoms with van der Waals surface area (Å²) < 4.78 is 13.4. The second kappa shape index (κ2) is 4.97. The Morgan fingerprint density at radius 2 is 1.92 bits per heavy atom. The monoisotopic (exact) mass is 194 g/mol. The number of hydrogen-bond donors (Lipinski definition) is 0. The third-order valence-corrected chi connectivity index (χ3v) is 3.20. The van der Waals surface area contributed by atoms with Gasteiger partial charge in [0.25, 0.3) is 0 Å². The Morgan fingerprint density at radius 3 is 2.46 bits per heavy atom. The molecule has 0 aromatic heterocycles. The molecule has 0 unspecified atom stereocenters. The standard InChI is InChI=1S/C11H15FSi/c1-2-6-10(12)11(13)9-7-4-3-5-8-9/h3-5,7-8H,2,6H2,1,13H3. The largest absolute Gasteiger partial charge is 0.212 e. The molecule has 0 nitrogen and oxygen atoms in total. The van der Waals surface area contributed by atoms with E-state index in [9.17, 15) is 4.39 Å². The summed E-state index contributed by atoms with van der Waals surface area (Å²) >= 11 is 0. The van der Waals surface area contributed by atoms with Gasteiger partial charge in [-0.05, 0) is 23.6 Å². The maximum absolute atomic E-state index is 13.4. The zero-order valence-electron chi connectivity index (χ0n) is 8.18. The van der Waals surface area contributed by atoms with Gasteiger partial charge in [0.05, 0.1) is 5.83 Å². The summed E-state index contributed by atoms with van der Waals surface area (Å²) in [5.41, 5.74) is 1.04. The highest BCUT2D eigenvalue weighted by Crippen LogP contribution is 2.19. The fourth-order valence-electron chi connectivity index (χ4n) is 1.25. The Kier molecular flexibility index (Phi) is 3.90. The zero-order chi connectivity index (χ0) is 9.68. The highest BCUT2D eigenvalue weighted by molar-refractivity contribution is 6.42. The average Bonchev–Trinajstić information content (AvgIpc) is 2.18. The summed E-state index contributed by atoms with van der Waals surface area (Å²) in [5.74, 6) is 0.0698. The van der Waals surface area contributed by atoms with Crippen molar-refractivity contribution in [3.05, 3.63) is 41.7 Å². The van der Waals surface area contributed by atoms with Gasteiger partial charge in [-0.25, -0.2) is 4.39 Å². The second-order valence-electron chi connectivity index (χ2n) is 3.15. The number of hydrogen-bond acceptors (Lipinski definition) is 0. The van der Waals surface area contributed by atoms with Crippen molar-refractivity contribution in [2.45, 2.75) is 19.8 Å². The summed E-state index contributed by atoms with van der Waals surface area (Å²) in [6, 6.07) is 9.80. The minimum atomic E-state index is 0.0698. The van der Waals surface area contributed by atoms with Gasteiger partial charge in [-0.1, -0.05) is 37.3 Å². The van der Waals surface area contributed by atoms with Crippen molar-refractivity contribution in [2.75, 3.05) is 0 Å². The zero-order valence-corrected chi connectivity index (χ0v) is 10.2. The summed E-state index contributed by atoms with van der Waals surface area (Å²) in [7, 11) is 0.779. The van der Waals surface area contributed by atoms with Crippen LogP contribution in [-0.2, 0) is 0 Å². The molecule has 0 spiro atoms. The number of allylic oxidation sites excluding steroid dienone is 1. The van der Waals surface area contributed by atoms with Crippen LogP contribution < -0.4 is 0 Å². The number of benzene rings is 1. The minimum Gasteiger partial charge on any atom is -0.212 e. The molecule has 0 aliphatic heterocycles. The Bertz CT molecular complexity index is 290. The topological polar surface area (TPSA) is 0 Å². The van der Waals surface area contributed by atoms with Gasteiger partial charge in [0.1, 0.15) is 0 Å². The summed E-state index contributed by atoms with van der Waals surface area (Å²) in [6.07, 6.45) is 1.46. The fraction of sp³-hybridized carbons (Fsp3) is 0.273. The predicted molar refractivity (Wildman–Crippen MR) is 59.3 cm³/mol. The van der Waals surface area contributed by atoms with E-state index in [1.165, 1.54) is 0 Å². The molecule has 0 atom stereocenters. The van der Waals surface area contributed by atoms with Crippen LogP contribution in [0.2, 0.25) is 0 Å². The van der Waals surface area contributed by atoms with Crippen molar-refractivity contribution in [3.63, 3.8) is 0 Å². The van der Waals surface area contributed by atoms with Crippen molar-refractivity contribution >= 4 is 15.4 Å². The average molecular weight is 194 g/mol. The summed E-state index contributed by atoms with van der Waals surface area (Å²) in [5, 5.41) is 0.905. The number of rotatable bonds is 3. The van der Waals surface area contributed by atoms with Gasteiger partial charge in [-0.15, -0.1) is 0 Å².